The highest BCUT2D eigenvalue weighted by Crippen LogP contribution is 2.33. The van der Waals surface area contributed by atoms with Crippen molar-refractivity contribution in [3.05, 3.63) is 76.1 Å². The highest BCUT2D eigenvalue weighted by Gasteiger charge is 2.26. The normalized spacial score (nSPS) is 17.3. The maximum Gasteiger partial charge on any atom is 0.344 e. The fourth-order valence-electron chi connectivity index (χ4n) is 4.22. The molecule has 0 spiro atoms. The maximum absolute atomic E-state index is 12.5. The predicted octanol–water partition coefficient (Wildman–Crippen LogP) is 2.61. The van der Waals surface area contributed by atoms with Gasteiger partial charge in [-0.2, -0.15) is 0 Å². The van der Waals surface area contributed by atoms with Gasteiger partial charge in [-0.1, -0.05) is 18.2 Å². The van der Waals surface area contributed by atoms with Crippen molar-refractivity contribution in [1.29, 1.82) is 0 Å². The van der Waals surface area contributed by atoms with Gasteiger partial charge in [0, 0.05) is 10.9 Å². The molecule has 3 aromatic carbocycles. The Kier molecular flexibility index (Phi) is 3.55. The van der Waals surface area contributed by atoms with Crippen LogP contribution in [0.1, 0.15) is 11.1 Å². The molecule has 6 nitrogen and oxygen atoms in total. The van der Waals surface area contributed by atoms with Crippen molar-refractivity contribution in [2.75, 3.05) is 13.5 Å². The van der Waals surface area contributed by atoms with Crippen LogP contribution in [0.5, 0.6) is 17.2 Å². The molecular weight excluding hydrogens is 370 g/mol. The third-order valence-electron chi connectivity index (χ3n) is 5.60. The Morgan fingerprint density at radius 2 is 1.66 bits per heavy atom. The van der Waals surface area contributed by atoms with E-state index in [0.29, 0.717) is 24.2 Å². The molecule has 4 aromatic rings. The number of benzene rings is 3. The molecule has 1 aromatic heterocycles. The summed E-state index contributed by atoms with van der Waals surface area (Å²) in [6, 6.07) is 17.5. The lowest BCUT2D eigenvalue weighted by Gasteiger charge is -2.26. The quantitative estimate of drug-likeness (QED) is 0.423. The molecule has 0 radical (unpaired) electrons. The second-order valence-corrected chi connectivity index (χ2v) is 7.43. The first-order valence-electron chi connectivity index (χ1n) is 9.58. The van der Waals surface area contributed by atoms with Gasteiger partial charge in [0.2, 0.25) is 13.5 Å². The smallest absolute Gasteiger partial charge is 0.344 e. The van der Waals surface area contributed by atoms with E-state index < -0.39 is 0 Å². The van der Waals surface area contributed by atoms with Crippen LogP contribution in [-0.4, -0.2) is 13.5 Å². The largest absolute Gasteiger partial charge is 0.454 e. The van der Waals surface area contributed by atoms with Crippen LogP contribution in [0.3, 0.4) is 0 Å². The van der Waals surface area contributed by atoms with Crippen LogP contribution in [-0.2, 0) is 13.1 Å². The van der Waals surface area contributed by atoms with E-state index in [2.05, 4.69) is 0 Å². The van der Waals surface area contributed by atoms with Gasteiger partial charge < -0.3 is 18.6 Å². The standard InChI is InChI=1S/C23H17NO5/c25-23-17-4-2-1-3-15(17)16-6-8-19-18(22(16)29-23)11-24(12-26-19)10-14-5-7-20-21(9-14)28-13-27-20/h1-9H,10-13H2/p+1. The molecule has 2 aliphatic rings. The SMILES string of the molecule is O=c1oc2c3c(ccc2c2ccccc12)OC[NH+](Cc1ccc2c(c1)OCO2)C3. The first-order valence-corrected chi connectivity index (χ1v) is 9.58. The molecule has 0 saturated carbocycles. The van der Waals surface area contributed by atoms with E-state index in [4.69, 9.17) is 18.6 Å². The Hall–Kier alpha value is -3.51. The fourth-order valence-corrected chi connectivity index (χ4v) is 4.22. The lowest BCUT2D eigenvalue weighted by Crippen LogP contribution is -3.10. The van der Waals surface area contributed by atoms with E-state index in [1.54, 1.807) is 6.07 Å². The van der Waals surface area contributed by atoms with E-state index in [9.17, 15) is 4.79 Å². The van der Waals surface area contributed by atoms with Gasteiger partial charge >= 0.3 is 5.63 Å². The number of fused-ring (bicyclic) bond motifs is 6. The Morgan fingerprint density at radius 1 is 0.828 bits per heavy atom. The minimum Gasteiger partial charge on any atom is -0.454 e. The van der Waals surface area contributed by atoms with E-state index in [1.165, 1.54) is 4.90 Å². The summed E-state index contributed by atoms with van der Waals surface area (Å²) in [5, 5.41) is 2.44. The van der Waals surface area contributed by atoms with Crippen molar-refractivity contribution < 1.29 is 23.5 Å². The van der Waals surface area contributed by atoms with Crippen molar-refractivity contribution in [3.8, 4) is 17.2 Å². The van der Waals surface area contributed by atoms with Gasteiger partial charge in [0.15, 0.2) is 17.1 Å². The topological polar surface area (TPSA) is 62.3 Å². The highest BCUT2D eigenvalue weighted by atomic mass is 16.7. The molecule has 1 N–H and O–H groups in total. The molecule has 2 aliphatic heterocycles. The van der Waals surface area contributed by atoms with Crippen molar-refractivity contribution >= 4 is 21.7 Å². The summed E-state index contributed by atoms with van der Waals surface area (Å²) >= 11 is 0. The van der Waals surface area contributed by atoms with Crippen LogP contribution in [0, 0.1) is 0 Å². The Bertz CT molecular complexity index is 1330. The molecule has 1 unspecified atom stereocenters. The zero-order valence-corrected chi connectivity index (χ0v) is 15.6. The van der Waals surface area contributed by atoms with Crippen LogP contribution in [0.15, 0.2) is 63.8 Å². The number of hydrogen-bond acceptors (Lipinski definition) is 5. The summed E-state index contributed by atoms with van der Waals surface area (Å²) in [6.07, 6.45) is 0. The van der Waals surface area contributed by atoms with E-state index in [-0.39, 0.29) is 12.4 Å². The van der Waals surface area contributed by atoms with Crippen LogP contribution in [0.25, 0.3) is 21.7 Å². The summed E-state index contributed by atoms with van der Waals surface area (Å²) in [4.78, 5) is 13.7. The molecule has 6 heteroatoms. The molecule has 29 heavy (non-hydrogen) atoms. The fraction of sp³-hybridized carbons (Fsp3) is 0.174. The molecule has 3 heterocycles. The number of hydrogen-bond donors (Lipinski definition) is 1. The van der Waals surface area contributed by atoms with Crippen molar-refractivity contribution in [2.24, 2.45) is 0 Å². The zero-order chi connectivity index (χ0) is 19.4. The van der Waals surface area contributed by atoms with Crippen LogP contribution in [0.2, 0.25) is 0 Å². The molecule has 6 rings (SSSR count). The summed E-state index contributed by atoms with van der Waals surface area (Å²) < 4.78 is 22.6. The molecule has 0 bridgehead atoms. The first-order chi connectivity index (χ1) is 14.3. The molecule has 0 amide bonds. The second kappa shape index (κ2) is 6.25. The van der Waals surface area contributed by atoms with Crippen LogP contribution >= 0.6 is 0 Å². The Morgan fingerprint density at radius 3 is 2.59 bits per heavy atom. The van der Waals surface area contributed by atoms with Gasteiger partial charge in [-0.15, -0.1) is 0 Å². The van der Waals surface area contributed by atoms with E-state index >= 15 is 0 Å². The van der Waals surface area contributed by atoms with Crippen LogP contribution in [0.4, 0.5) is 0 Å². The predicted molar refractivity (Wildman–Crippen MR) is 106 cm³/mol. The summed E-state index contributed by atoms with van der Waals surface area (Å²) in [6.45, 7) is 2.29. The van der Waals surface area contributed by atoms with Gasteiger partial charge in [-0.3, -0.25) is 4.90 Å². The average Bonchev–Trinajstić information content (AvgIpc) is 3.22. The number of ether oxygens (including phenoxy) is 3. The molecule has 0 fully saturated rings. The molecule has 0 aliphatic carbocycles. The third-order valence-corrected chi connectivity index (χ3v) is 5.60. The molecular formula is C23H18NO5+. The monoisotopic (exact) mass is 388 g/mol. The van der Waals surface area contributed by atoms with E-state index in [1.807, 2.05) is 48.5 Å². The van der Waals surface area contributed by atoms with Crippen molar-refractivity contribution in [3.63, 3.8) is 0 Å². The minimum atomic E-state index is -0.315. The highest BCUT2D eigenvalue weighted by molar-refractivity contribution is 6.05. The summed E-state index contributed by atoms with van der Waals surface area (Å²) in [5.74, 6) is 2.34. The Labute approximate surface area is 165 Å². The van der Waals surface area contributed by atoms with Gasteiger partial charge in [0.1, 0.15) is 18.8 Å². The number of rotatable bonds is 2. The number of quaternary nitrogens is 1. The second-order valence-electron chi connectivity index (χ2n) is 7.43. The van der Waals surface area contributed by atoms with Crippen molar-refractivity contribution in [2.45, 2.75) is 13.1 Å². The average molecular weight is 388 g/mol. The van der Waals surface area contributed by atoms with Gasteiger partial charge in [0.25, 0.3) is 0 Å². The molecule has 1 atom stereocenters. The third kappa shape index (κ3) is 2.64. The lowest BCUT2D eigenvalue weighted by molar-refractivity contribution is -0.945. The molecule has 144 valence electrons. The minimum absolute atomic E-state index is 0.269. The van der Waals surface area contributed by atoms with Crippen LogP contribution < -0.4 is 24.7 Å². The maximum atomic E-state index is 12.5. The first kappa shape index (κ1) is 16.4. The number of nitrogens with one attached hydrogen (secondary N) is 1. The van der Waals surface area contributed by atoms with E-state index in [0.717, 1.165) is 45.7 Å². The van der Waals surface area contributed by atoms with Gasteiger partial charge in [-0.05, 0) is 41.8 Å². The zero-order valence-electron chi connectivity index (χ0n) is 15.6. The van der Waals surface area contributed by atoms with Crippen molar-refractivity contribution in [1.82, 2.24) is 0 Å². The van der Waals surface area contributed by atoms with Gasteiger partial charge in [0.05, 0.1) is 10.9 Å². The summed E-state index contributed by atoms with van der Waals surface area (Å²) in [5.41, 5.74) is 2.38. The lowest BCUT2D eigenvalue weighted by atomic mass is 10.0. The summed E-state index contributed by atoms with van der Waals surface area (Å²) in [7, 11) is 0. The van der Waals surface area contributed by atoms with Gasteiger partial charge in [-0.25, -0.2) is 4.79 Å². The molecule has 0 saturated heterocycles. The Balaban J connectivity index is 1.39.